The molecule has 0 radical (unpaired) electrons. The summed E-state index contributed by atoms with van der Waals surface area (Å²) in [7, 11) is 1.39. The highest BCUT2D eigenvalue weighted by Crippen LogP contribution is 2.46. The maximum Gasteiger partial charge on any atom is 0.338 e. The number of anilines is 2. The molecule has 0 unspecified atom stereocenters. The van der Waals surface area contributed by atoms with Crippen LogP contribution in [0.5, 0.6) is 0 Å². The summed E-state index contributed by atoms with van der Waals surface area (Å²) < 4.78 is 4.80. The number of esters is 1. The predicted molar refractivity (Wildman–Crippen MR) is 95.8 cm³/mol. The van der Waals surface area contributed by atoms with Crippen molar-refractivity contribution in [3.8, 4) is 0 Å². The first-order chi connectivity index (χ1) is 10.5. The Hall–Kier alpha value is -1.71. The average Bonchev–Trinajstić information content (AvgIpc) is 2.40. The first-order valence-corrected chi connectivity index (χ1v) is 8.29. The molecule has 0 aliphatic heterocycles. The van der Waals surface area contributed by atoms with Gasteiger partial charge in [-0.05, 0) is 54.7 Å². The molecule has 0 aromatic heterocycles. The van der Waals surface area contributed by atoms with Gasteiger partial charge in [-0.2, -0.15) is 0 Å². The smallest absolute Gasteiger partial charge is 0.338 e. The van der Waals surface area contributed by atoms with Crippen LogP contribution < -0.4 is 11.1 Å². The van der Waals surface area contributed by atoms with E-state index in [-0.39, 0.29) is 5.97 Å². The van der Waals surface area contributed by atoms with Crippen molar-refractivity contribution in [3.63, 3.8) is 0 Å². The first-order valence-electron chi connectivity index (χ1n) is 8.29. The van der Waals surface area contributed by atoms with Crippen LogP contribution in [0.4, 0.5) is 11.4 Å². The van der Waals surface area contributed by atoms with E-state index in [0.717, 1.165) is 24.1 Å². The minimum absolute atomic E-state index is 0.315. The normalized spacial score (nSPS) is 20.1. The van der Waals surface area contributed by atoms with Gasteiger partial charge in [-0.1, -0.05) is 27.7 Å². The molecule has 1 aromatic carbocycles. The summed E-state index contributed by atoms with van der Waals surface area (Å²) in [5.74, 6) is -0.347. The van der Waals surface area contributed by atoms with E-state index in [1.165, 1.54) is 13.5 Å². The van der Waals surface area contributed by atoms with Gasteiger partial charge in [-0.25, -0.2) is 4.79 Å². The van der Waals surface area contributed by atoms with Crippen molar-refractivity contribution in [2.24, 2.45) is 10.8 Å². The topological polar surface area (TPSA) is 64.3 Å². The fourth-order valence-corrected chi connectivity index (χ4v) is 4.35. The van der Waals surface area contributed by atoms with Gasteiger partial charge in [0.25, 0.3) is 0 Å². The number of hydrogen-bond acceptors (Lipinski definition) is 4. The molecule has 0 spiro atoms. The van der Waals surface area contributed by atoms with Crippen LogP contribution in [0.3, 0.4) is 0 Å². The van der Waals surface area contributed by atoms with E-state index >= 15 is 0 Å². The number of rotatable bonds is 3. The van der Waals surface area contributed by atoms with Crippen LogP contribution in [0.15, 0.2) is 12.1 Å². The number of benzene rings is 1. The number of methoxy groups -OCH3 is 1. The molecule has 4 heteroatoms. The highest BCUT2D eigenvalue weighted by atomic mass is 16.5. The molecular formula is C19H30N2O2. The number of ether oxygens (including phenoxy) is 1. The highest BCUT2D eigenvalue weighted by Gasteiger charge is 2.38. The summed E-state index contributed by atoms with van der Waals surface area (Å²) in [6, 6.07) is 4.07. The van der Waals surface area contributed by atoms with Gasteiger partial charge in [0.15, 0.2) is 0 Å². The molecule has 0 saturated heterocycles. The van der Waals surface area contributed by atoms with Crippen LogP contribution in [0.25, 0.3) is 0 Å². The van der Waals surface area contributed by atoms with Crippen molar-refractivity contribution in [1.29, 1.82) is 0 Å². The maximum atomic E-state index is 11.8. The second kappa shape index (κ2) is 6.06. The van der Waals surface area contributed by atoms with Gasteiger partial charge in [0, 0.05) is 6.04 Å². The number of nitrogens with one attached hydrogen (secondary N) is 1. The third-order valence-corrected chi connectivity index (χ3v) is 4.83. The molecule has 1 aromatic rings. The van der Waals surface area contributed by atoms with Crippen LogP contribution in [-0.4, -0.2) is 19.1 Å². The summed E-state index contributed by atoms with van der Waals surface area (Å²) in [6.45, 7) is 11.2. The lowest BCUT2D eigenvalue weighted by atomic mass is 9.63. The average molecular weight is 318 g/mol. The lowest BCUT2D eigenvalue weighted by Crippen LogP contribution is -2.40. The summed E-state index contributed by atoms with van der Waals surface area (Å²) in [4.78, 5) is 11.8. The Labute approximate surface area is 139 Å². The van der Waals surface area contributed by atoms with E-state index in [4.69, 9.17) is 10.5 Å². The molecule has 1 aliphatic carbocycles. The van der Waals surface area contributed by atoms with Crippen molar-refractivity contribution >= 4 is 17.3 Å². The molecule has 0 amide bonds. The van der Waals surface area contributed by atoms with Crippen molar-refractivity contribution < 1.29 is 9.53 Å². The van der Waals surface area contributed by atoms with Gasteiger partial charge in [0.1, 0.15) is 0 Å². The number of nitrogen functional groups attached to an aromatic ring is 1. The Balaban J connectivity index is 2.24. The van der Waals surface area contributed by atoms with Gasteiger partial charge in [0.05, 0.1) is 24.0 Å². The van der Waals surface area contributed by atoms with Crippen LogP contribution in [-0.2, 0) is 4.74 Å². The molecule has 1 aliphatic rings. The summed E-state index contributed by atoms with van der Waals surface area (Å²) >= 11 is 0. The summed E-state index contributed by atoms with van der Waals surface area (Å²) in [5.41, 5.74) is 9.73. The highest BCUT2D eigenvalue weighted by molar-refractivity contribution is 5.94. The molecule has 4 nitrogen and oxygen atoms in total. The monoisotopic (exact) mass is 318 g/mol. The lowest BCUT2D eigenvalue weighted by molar-refractivity contribution is 0.0600. The van der Waals surface area contributed by atoms with Crippen LogP contribution >= 0.6 is 0 Å². The SMILES string of the molecule is COC(=O)c1ccc(NC2CC(C)(C)CC(C)(C)C2)c(N)c1C. The van der Waals surface area contributed by atoms with Gasteiger partial charge < -0.3 is 15.8 Å². The van der Waals surface area contributed by atoms with E-state index in [1.807, 2.05) is 13.0 Å². The van der Waals surface area contributed by atoms with E-state index < -0.39 is 0 Å². The lowest BCUT2D eigenvalue weighted by Gasteiger charge is -2.45. The van der Waals surface area contributed by atoms with Crippen molar-refractivity contribution in [3.05, 3.63) is 23.3 Å². The minimum atomic E-state index is -0.347. The van der Waals surface area contributed by atoms with E-state index in [9.17, 15) is 4.79 Å². The maximum absolute atomic E-state index is 11.8. The molecule has 3 N–H and O–H groups in total. The second-order valence-electron chi connectivity index (χ2n) is 8.45. The molecule has 1 saturated carbocycles. The van der Waals surface area contributed by atoms with Gasteiger partial charge >= 0.3 is 5.97 Å². The number of carbonyl (C=O) groups excluding carboxylic acids is 1. The minimum Gasteiger partial charge on any atom is -0.465 e. The number of hydrogen-bond donors (Lipinski definition) is 2. The third-order valence-electron chi connectivity index (χ3n) is 4.83. The Bertz CT molecular complexity index is 590. The summed E-state index contributed by atoms with van der Waals surface area (Å²) in [5, 5.41) is 3.61. The molecule has 0 heterocycles. The first kappa shape index (κ1) is 17.6. The van der Waals surface area contributed by atoms with Gasteiger partial charge in [0.2, 0.25) is 0 Å². The molecule has 1 fully saturated rings. The zero-order valence-electron chi connectivity index (χ0n) is 15.2. The van der Waals surface area contributed by atoms with Gasteiger partial charge in [-0.3, -0.25) is 0 Å². The molecule has 2 rings (SSSR count). The molecule has 0 bridgehead atoms. The summed E-state index contributed by atoms with van der Waals surface area (Å²) in [6.07, 6.45) is 3.47. The Morgan fingerprint density at radius 2 is 1.78 bits per heavy atom. The van der Waals surface area contributed by atoms with E-state index in [1.54, 1.807) is 6.07 Å². The Morgan fingerprint density at radius 3 is 2.30 bits per heavy atom. The fourth-order valence-electron chi connectivity index (χ4n) is 4.35. The zero-order chi connectivity index (χ0) is 17.4. The molecule has 0 atom stereocenters. The second-order valence-corrected chi connectivity index (χ2v) is 8.45. The predicted octanol–water partition coefficient (Wildman–Crippen LogP) is 4.38. The van der Waals surface area contributed by atoms with Gasteiger partial charge in [-0.15, -0.1) is 0 Å². The van der Waals surface area contributed by atoms with Crippen molar-refractivity contribution in [2.45, 2.75) is 59.9 Å². The van der Waals surface area contributed by atoms with Crippen molar-refractivity contribution in [2.75, 3.05) is 18.2 Å². The van der Waals surface area contributed by atoms with Crippen LogP contribution in [0, 0.1) is 17.8 Å². The van der Waals surface area contributed by atoms with E-state index in [0.29, 0.717) is 28.1 Å². The Kier molecular flexibility index (Phi) is 4.65. The van der Waals surface area contributed by atoms with E-state index in [2.05, 4.69) is 33.0 Å². The third kappa shape index (κ3) is 3.98. The molecular weight excluding hydrogens is 288 g/mol. The fraction of sp³-hybridized carbons (Fsp3) is 0.632. The molecule has 23 heavy (non-hydrogen) atoms. The quantitative estimate of drug-likeness (QED) is 0.641. The number of nitrogens with two attached hydrogens (primary N) is 1. The van der Waals surface area contributed by atoms with Crippen LogP contribution in [0.2, 0.25) is 0 Å². The molecule has 128 valence electrons. The Morgan fingerprint density at radius 1 is 1.22 bits per heavy atom. The standard InChI is InChI=1S/C19H30N2O2/c1-12-14(17(22)23-6)7-8-15(16(12)20)21-13-9-18(2,3)11-19(4,5)10-13/h7-8,13,21H,9-11,20H2,1-6H3. The van der Waals surface area contributed by atoms with Crippen molar-refractivity contribution in [1.82, 2.24) is 0 Å². The number of carbonyl (C=O) groups is 1. The largest absolute Gasteiger partial charge is 0.465 e. The van der Waals surface area contributed by atoms with Crippen LogP contribution in [0.1, 0.15) is 62.9 Å². The zero-order valence-corrected chi connectivity index (χ0v) is 15.2.